The topological polar surface area (TPSA) is 92.8 Å². The number of sulfonamides is 1. The van der Waals surface area contributed by atoms with E-state index in [-0.39, 0.29) is 22.8 Å². The molecule has 1 N–H and O–H groups in total. The highest BCUT2D eigenvalue weighted by Crippen LogP contribution is 2.23. The van der Waals surface area contributed by atoms with Crippen molar-refractivity contribution in [2.45, 2.75) is 6.92 Å². The van der Waals surface area contributed by atoms with Crippen LogP contribution in [-0.4, -0.2) is 40.2 Å². The van der Waals surface area contributed by atoms with Gasteiger partial charge in [0.15, 0.2) is 0 Å². The summed E-state index contributed by atoms with van der Waals surface area (Å²) in [5.41, 5.74) is 1.22. The molecule has 0 aliphatic rings. The zero-order valence-electron chi connectivity index (χ0n) is 15.0. The summed E-state index contributed by atoms with van der Waals surface area (Å²) in [6.07, 6.45) is 1.08. The molecule has 0 fully saturated rings. The molecule has 9 heteroatoms. The molecule has 0 atom stereocenters. The third-order valence-corrected chi connectivity index (χ3v) is 5.21. The Labute approximate surface area is 162 Å². The van der Waals surface area contributed by atoms with Crippen LogP contribution in [0.3, 0.4) is 0 Å². The molecule has 7 nitrogen and oxygen atoms in total. The van der Waals surface area contributed by atoms with Crippen LogP contribution in [0, 0.1) is 0 Å². The maximum absolute atomic E-state index is 12.5. The number of hydrogen-bond donors (Lipinski definition) is 1. The normalized spacial score (nSPS) is 11.0. The maximum Gasteiger partial charge on any atom is 0.339 e. The Morgan fingerprint density at radius 1 is 1.19 bits per heavy atom. The second-order valence-electron chi connectivity index (χ2n) is 5.65. The molecule has 2 aromatic carbocycles. The molecule has 0 aliphatic heterocycles. The Hall–Kier alpha value is -2.58. The molecule has 0 unspecified atom stereocenters. The number of nitrogens with zero attached hydrogens (tertiary/aromatic N) is 1. The summed E-state index contributed by atoms with van der Waals surface area (Å²) in [5, 5.41) is 2.81. The van der Waals surface area contributed by atoms with Gasteiger partial charge in [-0.1, -0.05) is 17.7 Å². The van der Waals surface area contributed by atoms with Gasteiger partial charge in [-0.25, -0.2) is 13.2 Å². The average Bonchev–Trinajstić information content (AvgIpc) is 2.60. The van der Waals surface area contributed by atoms with Gasteiger partial charge in [0.2, 0.25) is 10.0 Å². The monoisotopic (exact) mass is 410 g/mol. The van der Waals surface area contributed by atoms with Crippen LogP contribution in [0.1, 0.15) is 27.6 Å². The van der Waals surface area contributed by atoms with Crippen LogP contribution in [0.25, 0.3) is 0 Å². The van der Waals surface area contributed by atoms with Gasteiger partial charge in [0.25, 0.3) is 5.91 Å². The van der Waals surface area contributed by atoms with E-state index in [9.17, 15) is 18.0 Å². The molecule has 1 amide bonds. The summed E-state index contributed by atoms with van der Waals surface area (Å²) in [6, 6.07) is 10.6. The van der Waals surface area contributed by atoms with Gasteiger partial charge in [-0.3, -0.25) is 9.10 Å². The largest absolute Gasteiger partial charge is 0.462 e. The Morgan fingerprint density at radius 3 is 2.48 bits per heavy atom. The van der Waals surface area contributed by atoms with Crippen molar-refractivity contribution in [3.63, 3.8) is 0 Å². The number of hydrogen-bond acceptors (Lipinski definition) is 5. The first-order valence-corrected chi connectivity index (χ1v) is 10.2. The van der Waals surface area contributed by atoms with E-state index in [1.165, 1.54) is 31.3 Å². The Morgan fingerprint density at radius 2 is 1.89 bits per heavy atom. The van der Waals surface area contributed by atoms with Gasteiger partial charge < -0.3 is 10.1 Å². The van der Waals surface area contributed by atoms with Crippen LogP contribution in [0.15, 0.2) is 42.5 Å². The lowest BCUT2D eigenvalue weighted by Gasteiger charge is -2.17. The fraction of sp³-hybridized carbons (Fsp3) is 0.222. The van der Waals surface area contributed by atoms with E-state index < -0.39 is 21.9 Å². The molecule has 0 aliphatic carbocycles. The lowest BCUT2D eigenvalue weighted by molar-refractivity contribution is 0.0526. The molecule has 0 bridgehead atoms. The van der Waals surface area contributed by atoms with Gasteiger partial charge in [-0.05, 0) is 43.3 Å². The molecule has 0 heterocycles. The fourth-order valence-electron chi connectivity index (χ4n) is 2.21. The second kappa shape index (κ2) is 8.41. The average molecular weight is 411 g/mol. The summed E-state index contributed by atoms with van der Waals surface area (Å²) < 4.78 is 29.3. The third-order valence-electron chi connectivity index (χ3n) is 3.69. The van der Waals surface area contributed by atoms with E-state index in [4.69, 9.17) is 16.3 Å². The van der Waals surface area contributed by atoms with E-state index >= 15 is 0 Å². The third kappa shape index (κ3) is 5.21. The second-order valence-corrected chi connectivity index (χ2v) is 8.07. The number of carbonyl (C=O) groups excluding carboxylic acids is 2. The zero-order chi connectivity index (χ0) is 20.2. The van der Waals surface area contributed by atoms with Gasteiger partial charge in [0, 0.05) is 18.3 Å². The first-order chi connectivity index (χ1) is 12.6. The number of halogens is 1. The highest BCUT2D eigenvalue weighted by molar-refractivity contribution is 7.92. The predicted octanol–water partition coefficient (Wildman–Crippen LogP) is 3.16. The first-order valence-electron chi connectivity index (χ1n) is 7.95. The van der Waals surface area contributed by atoms with Crippen LogP contribution in [0.4, 0.5) is 11.4 Å². The van der Waals surface area contributed by atoms with Crippen molar-refractivity contribution in [2.75, 3.05) is 29.5 Å². The minimum atomic E-state index is -3.44. The minimum Gasteiger partial charge on any atom is -0.462 e. The number of carbonyl (C=O) groups is 2. The van der Waals surface area contributed by atoms with Gasteiger partial charge in [-0.2, -0.15) is 0 Å². The Kier molecular flexibility index (Phi) is 6.45. The van der Waals surface area contributed by atoms with Gasteiger partial charge in [0.1, 0.15) is 0 Å². The number of esters is 1. The number of ether oxygens (including phenoxy) is 1. The number of nitrogens with one attached hydrogen (secondary N) is 1. The zero-order valence-corrected chi connectivity index (χ0v) is 16.6. The van der Waals surface area contributed by atoms with E-state index in [2.05, 4.69) is 5.32 Å². The van der Waals surface area contributed by atoms with Crippen molar-refractivity contribution in [3.05, 3.63) is 58.6 Å². The summed E-state index contributed by atoms with van der Waals surface area (Å²) >= 11 is 6.08. The van der Waals surface area contributed by atoms with Crippen molar-refractivity contribution in [1.29, 1.82) is 0 Å². The lowest BCUT2D eigenvalue weighted by Crippen LogP contribution is -2.25. The Bertz CT molecular complexity index is 975. The molecular weight excluding hydrogens is 392 g/mol. The molecule has 0 spiro atoms. The van der Waals surface area contributed by atoms with Crippen LogP contribution in [-0.2, 0) is 14.8 Å². The molecule has 0 radical (unpaired) electrons. The van der Waals surface area contributed by atoms with Crippen LogP contribution >= 0.6 is 11.6 Å². The molecule has 27 heavy (non-hydrogen) atoms. The van der Waals surface area contributed by atoms with Gasteiger partial charge >= 0.3 is 5.97 Å². The van der Waals surface area contributed by atoms with Gasteiger partial charge in [-0.15, -0.1) is 0 Å². The molecular formula is C18H19ClN2O5S. The number of anilines is 2. The predicted molar refractivity (Wildman–Crippen MR) is 105 cm³/mol. The van der Waals surface area contributed by atoms with Crippen molar-refractivity contribution < 1.29 is 22.7 Å². The smallest absolute Gasteiger partial charge is 0.339 e. The van der Waals surface area contributed by atoms with E-state index in [1.54, 1.807) is 25.1 Å². The summed E-state index contributed by atoms with van der Waals surface area (Å²) in [6.45, 7) is 1.92. The highest BCUT2D eigenvalue weighted by Gasteiger charge is 2.16. The van der Waals surface area contributed by atoms with Crippen LogP contribution < -0.4 is 9.62 Å². The number of amides is 1. The van der Waals surface area contributed by atoms with Crippen molar-refractivity contribution in [2.24, 2.45) is 0 Å². The van der Waals surface area contributed by atoms with Gasteiger partial charge in [0.05, 0.1) is 29.1 Å². The maximum atomic E-state index is 12.5. The summed E-state index contributed by atoms with van der Waals surface area (Å²) in [4.78, 5) is 24.2. The SMILES string of the molecule is CCOC(=O)c1ccc(NC(=O)c2cccc(N(C)S(C)(=O)=O)c2)cc1Cl. The molecule has 144 valence electrons. The standard InChI is InChI=1S/C18H19ClN2O5S/c1-4-26-18(23)15-9-8-13(11-16(15)19)20-17(22)12-6-5-7-14(10-12)21(2)27(3,24)25/h5-11H,4H2,1-3H3,(H,20,22). The molecule has 0 saturated heterocycles. The van der Waals surface area contributed by atoms with Crippen molar-refractivity contribution in [3.8, 4) is 0 Å². The number of benzene rings is 2. The Balaban J connectivity index is 2.20. The summed E-state index contributed by atoms with van der Waals surface area (Å²) in [5.74, 6) is -0.990. The van der Waals surface area contributed by atoms with E-state index in [1.807, 2.05) is 0 Å². The summed E-state index contributed by atoms with van der Waals surface area (Å²) in [7, 11) is -2.04. The van der Waals surface area contributed by atoms with Crippen LogP contribution in [0.2, 0.25) is 5.02 Å². The fourth-order valence-corrected chi connectivity index (χ4v) is 2.96. The molecule has 0 aromatic heterocycles. The highest BCUT2D eigenvalue weighted by atomic mass is 35.5. The van der Waals surface area contributed by atoms with Crippen LogP contribution in [0.5, 0.6) is 0 Å². The van der Waals surface area contributed by atoms with Crippen molar-refractivity contribution >= 4 is 44.9 Å². The molecule has 2 aromatic rings. The van der Waals surface area contributed by atoms with Crippen molar-refractivity contribution in [1.82, 2.24) is 0 Å². The quantitative estimate of drug-likeness (QED) is 0.738. The number of rotatable bonds is 6. The molecule has 0 saturated carbocycles. The lowest BCUT2D eigenvalue weighted by atomic mass is 10.1. The van der Waals surface area contributed by atoms with E-state index in [0.717, 1.165) is 10.6 Å². The van der Waals surface area contributed by atoms with E-state index in [0.29, 0.717) is 11.4 Å². The first kappa shape index (κ1) is 20.7. The minimum absolute atomic E-state index is 0.150. The molecule has 2 rings (SSSR count).